The van der Waals surface area contributed by atoms with Gasteiger partial charge in [-0.25, -0.2) is 4.98 Å². The van der Waals surface area contributed by atoms with Crippen LogP contribution in [0.1, 0.15) is 37.4 Å². The third-order valence-corrected chi connectivity index (χ3v) is 4.48. The smallest absolute Gasteiger partial charge is 0.0921 e. The van der Waals surface area contributed by atoms with E-state index >= 15 is 0 Å². The maximum atomic E-state index is 4.08. The minimum Gasteiger partial charge on any atom is -0.412 e. The topological polar surface area (TPSA) is 155 Å². The second-order valence-corrected chi connectivity index (χ2v) is 5.79. The maximum Gasteiger partial charge on any atom is 0.0921 e. The number of fused-ring (bicyclic) bond motifs is 1. The first kappa shape index (κ1) is 27.0. The van der Waals surface area contributed by atoms with Gasteiger partial charge >= 0.3 is 0 Å². The number of H-pyrrole nitrogens is 1. The molecule has 1 unspecified atom stereocenters. The minimum atomic E-state index is 0. The minimum absolute atomic E-state index is 0. The molecule has 24 heavy (non-hydrogen) atoms. The van der Waals surface area contributed by atoms with Crippen LogP contribution in [-0.4, -0.2) is 37.6 Å². The molecular formula is C17H28N2O4S. The Bertz CT molecular complexity index is 588. The number of imidazole rings is 1. The normalized spacial score (nSPS) is 13.5. The van der Waals surface area contributed by atoms with E-state index in [1.807, 2.05) is 31.8 Å². The molecule has 136 valence electrons. The molecular weight excluding hydrogens is 328 g/mol. The summed E-state index contributed by atoms with van der Waals surface area (Å²) in [6.45, 7) is 3.64. The van der Waals surface area contributed by atoms with Crippen molar-refractivity contribution < 1.29 is 21.9 Å². The van der Waals surface area contributed by atoms with Gasteiger partial charge in [-0.15, -0.1) is 23.6 Å². The van der Waals surface area contributed by atoms with E-state index in [1.165, 1.54) is 28.3 Å². The lowest BCUT2D eigenvalue weighted by Crippen LogP contribution is -2.10. The Morgan fingerprint density at radius 1 is 1.12 bits per heavy atom. The van der Waals surface area contributed by atoms with Gasteiger partial charge in [0.2, 0.25) is 0 Å². The zero-order valence-electron chi connectivity index (χ0n) is 14.0. The number of thioether (sulfide) groups is 1. The van der Waals surface area contributed by atoms with E-state index in [2.05, 4.69) is 46.1 Å². The highest BCUT2D eigenvalue weighted by Gasteiger charge is 2.20. The fraction of sp³-hybridized carbons (Fsp3) is 0.353. The first-order valence-electron chi connectivity index (χ1n) is 6.87. The third-order valence-electron chi connectivity index (χ3n) is 3.35. The number of nitrogens with zero attached hydrogens (tertiary/aromatic N) is 1. The molecule has 1 aromatic carbocycles. The number of aromatic amines is 1. The Hall–Kier alpha value is -1.82. The number of rotatable bonds is 2. The summed E-state index contributed by atoms with van der Waals surface area (Å²) in [7, 11) is 0. The van der Waals surface area contributed by atoms with E-state index in [4.69, 9.17) is 0 Å². The van der Waals surface area contributed by atoms with Gasteiger partial charge in [-0.05, 0) is 50.0 Å². The lowest BCUT2D eigenvalue weighted by molar-refractivity contribution is 0.637. The molecule has 0 saturated carbocycles. The molecule has 0 aliphatic carbocycles. The van der Waals surface area contributed by atoms with Crippen molar-refractivity contribution in [2.24, 2.45) is 0 Å². The molecule has 1 aromatic heterocycles. The van der Waals surface area contributed by atoms with Crippen LogP contribution in [0.25, 0.3) is 0 Å². The average molecular weight is 356 g/mol. The lowest BCUT2D eigenvalue weighted by Gasteiger charge is -2.24. The molecule has 2 heterocycles. The molecule has 1 aliphatic rings. The number of nitrogens with one attached hydrogen (secondary N) is 1. The number of benzene rings is 1. The van der Waals surface area contributed by atoms with Gasteiger partial charge in [-0.1, -0.05) is 18.2 Å². The predicted molar refractivity (Wildman–Crippen MR) is 100 cm³/mol. The van der Waals surface area contributed by atoms with Crippen molar-refractivity contribution in [2.45, 2.75) is 37.5 Å². The average Bonchev–Trinajstić information content (AvgIpc) is 3.01. The summed E-state index contributed by atoms with van der Waals surface area (Å²) < 4.78 is 0. The highest BCUT2D eigenvalue weighted by molar-refractivity contribution is 7.99. The third kappa shape index (κ3) is 7.64. The molecule has 7 heteroatoms. The van der Waals surface area contributed by atoms with Gasteiger partial charge in [0.25, 0.3) is 0 Å². The Morgan fingerprint density at radius 3 is 2.38 bits per heavy atom. The molecule has 3 rings (SSSR count). The number of hydrogen-bond donors (Lipinski definition) is 1. The summed E-state index contributed by atoms with van der Waals surface area (Å²) in [6, 6.07) is 8.77. The van der Waals surface area contributed by atoms with Crippen molar-refractivity contribution in [2.75, 3.05) is 5.75 Å². The molecule has 0 bridgehead atoms. The summed E-state index contributed by atoms with van der Waals surface area (Å²) in [5.41, 5.74) is 2.75. The van der Waals surface area contributed by atoms with Crippen molar-refractivity contribution in [1.82, 2.24) is 9.97 Å². The summed E-state index contributed by atoms with van der Waals surface area (Å²) in [5, 5.41) is 0. The highest BCUT2D eigenvalue weighted by Crippen LogP contribution is 2.38. The van der Waals surface area contributed by atoms with Crippen molar-refractivity contribution in [3.05, 3.63) is 48.0 Å². The van der Waals surface area contributed by atoms with E-state index in [9.17, 15) is 0 Å². The van der Waals surface area contributed by atoms with Crippen LogP contribution in [0.4, 0.5) is 0 Å². The molecule has 6 nitrogen and oxygen atoms in total. The van der Waals surface area contributed by atoms with Crippen molar-refractivity contribution in [3.63, 3.8) is 0 Å². The van der Waals surface area contributed by atoms with Gasteiger partial charge in [0.1, 0.15) is 0 Å². The number of hydrogen-bond acceptors (Lipinski definition) is 2. The molecule has 9 N–H and O–H groups in total. The first-order valence-corrected chi connectivity index (χ1v) is 7.86. The van der Waals surface area contributed by atoms with Crippen LogP contribution in [0.3, 0.4) is 0 Å². The Morgan fingerprint density at radius 2 is 1.79 bits per heavy atom. The maximum absolute atomic E-state index is 4.08. The quantitative estimate of drug-likeness (QED) is 0.796. The molecule has 0 fully saturated rings. The monoisotopic (exact) mass is 356 g/mol. The van der Waals surface area contributed by atoms with Crippen molar-refractivity contribution >= 4 is 11.8 Å². The lowest BCUT2D eigenvalue weighted by atomic mass is 9.91. The molecule has 1 atom stereocenters. The van der Waals surface area contributed by atoms with Gasteiger partial charge in [-0.2, -0.15) is 0 Å². The fourth-order valence-electron chi connectivity index (χ4n) is 2.29. The van der Waals surface area contributed by atoms with E-state index in [-0.39, 0.29) is 21.9 Å². The van der Waals surface area contributed by atoms with Crippen LogP contribution >= 0.6 is 11.8 Å². The Labute approximate surface area is 147 Å². The zero-order valence-corrected chi connectivity index (χ0v) is 14.8. The summed E-state index contributed by atoms with van der Waals surface area (Å²) in [6.07, 6.45) is 6.04. The van der Waals surface area contributed by atoms with Crippen molar-refractivity contribution in [1.29, 1.82) is 0 Å². The molecule has 1 aliphatic heterocycles. The van der Waals surface area contributed by atoms with Gasteiger partial charge in [-0.3, -0.25) is 0 Å². The molecule has 2 aromatic rings. The SMILES string of the molecule is CC#CC.O.O.O.O.c1ccc2c(c1)SCCC2Cc1cnc[nH]1. The van der Waals surface area contributed by atoms with E-state index < -0.39 is 0 Å². The van der Waals surface area contributed by atoms with Gasteiger partial charge in [0.15, 0.2) is 0 Å². The Balaban J connectivity index is -0.000000504. The summed E-state index contributed by atoms with van der Waals surface area (Å²) >= 11 is 1.98. The second-order valence-electron chi connectivity index (χ2n) is 4.65. The first-order chi connectivity index (χ1) is 9.85. The number of aromatic nitrogens is 2. The summed E-state index contributed by atoms with van der Waals surface area (Å²) in [4.78, 5) is 8.74. The van der Waals surface area contributed by atoms with Crippen LogP contribution in [0.15, 0.2) is 41.7 Å². The van der Waals surface area contributed by atoms with E-state index in [1.54, 1.807) is 6.33 Å². The van der Waals surface area contributed by atoms with Crippen molar-refractivity contribution in [3.8, 4) is 11.8 Å². The predicted octanol–water partition coefficient (Wildman–Crippen LogP) is 0.963. The highest BCUT2D eigenvalue weighted by atomic mass is 32.2. The van der Waals surface area contributed by atoms with Crippen LogP contribution < -0.4 is 0 Å². The van der Waals surface area contributed by atoms with Crippen LogP contribution in [0, 0.1) is 11.8 Å². The standard InChI is InChI=1S/C13H14N2S.C4H6.4H2O/c1-2-4-13-12(3-1)10(5-6-16-13)7-11-8-14-9-15-11;1-3-4-2;;;;/h1-4,8-10H,5-7H2,(H,14,15);1-2H3;4*1H2. The van der Waals surface area contributed by atoms with Crippen LogP contribution in [0.5, 0.6) is 0 Å². The van der Waals surface area contributed by atoms with Gasteiger partial charge < -0.3 is 26.9 Å². The van der Waals surface area contributed by atoms with Gasteiger partial charge in [0, 0.05) is 16.8 Å². The van der Waals surface area contributed by atoms with E-state index in [0.717, 1.165) is 6.42 Å². The van der Waals surface area contributed by atoms with Crippen LogP contribution in [-0.2, 0) is 6.42 Å². The molecule has 0 amide bonds. The second kappa shape index (κ2) is 14.8. The van der Waals surface area contributed by atoms with E-state index in [0.29, 0.717) is 5.92 Å². The Kier molecular flexibility index (Phi) is 16.6. The van der Waals surface area contributed by atoms with Gasteiger partial charge in [0.05, 0.1) is 6.33 Å². The molecule has 0 saturated heterocycles. The summed E-state index contributed by atoms with van der Waals surface area (Å²) in [5.74, 6) is 7.24. The molecule has 0 spiro atoms. The largest absolute Gasteiger partial charge is 0.412 e. The molecule has 0 radical (unpaired) electrons. The van der Waals surface area contributed by atoms with Crippen LogP contribution in [0.2, 0.25) is 0 Å². The zero-order chi connectivity index (χ0) is 14.2. The fourth-order valence-corrected chi connectivity index (χ4v) is 3.49.